The van der Waals surface area contributed by atoms with Gasteiger partial charge in [-0.2, -0.15) is 13.2 Å². The molecule has 31 heavy (non-hydrogen) atoms. The molecule has 1 heterocycles. The number of benzene rings is 2. The average Bonchev–Trinajstić information content (AvgIpc) is 2.66. The van der Waals surface area contributed by atoms with Crippen LogP contribution >= 0.6 is 0 Å². The lowest BCUT2D eigenvalue weighted by Crippen LogP contribution is -2.33. The highest BCUT2D eigenvalue weighted by molar-refractivity contribution is 6.07. The third kappa shape index (κ3) is 4.74. The van der Waals surface area contributed by atoms with Gasteiger partial charge in [0.05, 0.1) is 17.4 Å². The highest BCUT2D eigenvalue weighted by Gasteiger charge is 2.29. The summed E-state index contributed by atoms with van der Waals surface area (Å²) in [5.74, 6) is -2.62. The second-order valence-electron chi connectivity index (χ2n) is 6.88. The van der Waals surface area contributed by atoms with E-state index >= 15 is 0 Å². The number of carbonyl (C=O) groups is 1. The van der Waals surface area contributed by atoms with Crippen LogP contribution < -0.4 is 10.9 Å². The van der Waals surface area contributed by atoms with E-state index in [1.54, 1.807) is 0 Å². The first-order valence-corrected chi connectivity index (χ1v) is 9.12. The monoisotopic (exact) mass is 440 g/mol. The zero-order valence-electron chi connectivity index (χ0n) is 16.1. The smallest absolute Gasteiger partial charge is 0.369 e. The molecule has 5 nitrogen and oxygen atoms in total. The van der Waals surface area contributed by atoms with Crippen molar-refractivity contribution < 1.29 is 31.9 Å². The molecule has 1 amide bonds. The second-order valence-corrected chi connectivity index (χ2v) is 6.88. The largest absolute Gasteiger partial charge is 0.390 e. The fourth-order valence-electron chi connectivity index (χ4n) is 3.32. The van der Waals surface area contributed by atoms with E-state index in [2.05, 4.69) is 5.32 Å². The topological polar surface area (TPSA) is 71.3 Å². The Balaban J connectivity index is 2.11. The van der Waals surface area contributed by atoms with Crippen LogP contribution in [0.2, 0.25) is 0 Å². The van der Waals surface area contributed by atoms with Crippen LogP contribution in [0.15, 0.2) is 47.3 Å². The normalized spacial score (nSPS) is 12.7. The minimum absolute atomic E-state index is 0.0203. The maximum Gasteiger partial charge on any atom is 0.390 e. The van der Waals surface area contributed by atoms with Gasteiger partial charge in [0, 0.05) is 23.2 Å². The fraction of sp³-hybridized carbons (Fsp3) is 0.238. The summed E-state index contributed by atoms with van der Waals surface area (Å²) in [7, 11) is 0. The molecular formula is C21H17F5N2O3. The molecule has 0 bridgehead atoms. The van der Waals surface area contributed by atoms with E-state index in [0.717, 1.165) is 18.2 Å². The third-order valence-corrected chi connectivity index (χ3v) is 4.79. The summed E-state index contributed by atoms with van der Waals surface area (Å²) in [5, 5.41) is 11.8. The number of halogens is 5. The van der Waals surface area contributed by atoms with Crippen LogP contribution in [0.1, 0.15) is 34.3 Å². The van der Waals surface area contributed by atoms with Gasteiger partial charge in [0.1, 0.15) is 11.6 Å². The number of rotatable bonds is 5. The predicted octanol–water partition coefficient (Wildman–Crippen LogP) is 3.96. The summed E-state index contributed by atoms with van der Waals surface area (Å²) in [5.41, 5.74) is -1.38. The first kappa shape index (κ1) is 22.4. The Morgan fingerprint density at radius 3 is 2.48 bits per heavy atom. The second kappa shape index (κ2) is 8.46. The van der Waals surface area contributed by atoms with Crippen molar-refractivity contribution in [2.45, 2.75) is 32.3 Å². The Bertz CT molecular complexity index is 1200. The molecule has 0 aliphatic rings. The van der Waals surface area contributed by atoms with Gasteiger partial charge in [0.25, 0.3) is 11.5 Å². The maximum atomic E-state index is 14.4. The lowest BCUT2D eigenvalue weighted by molar-refractivity contribution is -0.136. The molecule has 0 aliphatic heterocycles. The van der Waals surface area contributed by atoms with E-state index in [4.69, 9.17) is 0 Å². The molecule has 1 aromatic heterocycles. The minimum atomic E-state index is -4.58. The van der Waals surface area contributed by atoms with Gasteiger partial charge in [-0.1, -0.05) is 24.3 Å². The molecule has 0 fully saturated rings. The van der Waals surface area contributed by atoms with Gasteiger partial charge in [-0.3, -0.25) is 9.59 Å². The van der Waals surface area contributed by atoms with Gasteiger partial charge in [0.15, 0.2) is 6.23 Å². The number of nitrogens with one attached hydrogen (secondary N) is 1. The number of aliphatic hydroxyl groups is 1. The van der Waals surface area contributed by atoms with Crippen LogP contribution in [0.3, 0.4) is 0 Å². The highest BCUT2D eigenvalue weighted by atomic mass is 19.4. The van der Waals surface area contributed by atoms with Crippen molar-refractivity contribution in [1.29, 1.82) is 0 Å². The number of fused-ring (bicyclic) bond motifs is 1. The molecular weight excluding hydrogens is 423 g/mol. The number of alkyl halides is 3. The Morgan fingerprint density at radius 1 is 1.16 bits per heavy atom. The Kier molecular flexibility index (Phi) is 6.12. The number of nitrogens with zero attached hydrogens (tertiary/aromatic N) is 1. The minimum Gasteiger partial charge on any atom is -0.369 e. The average molecular weight is 440 g/mol. The molecule has 0 spiro atoms. The van der Waals surface area contributed by atoms with Gasteiger partial charge in [-0.15, -0.1) is 0 Å². The quantitative estimate of drug-likeness (QED) is 0.466. The molecule has 2 aromatic carbocycles. The summed E-state index contributed by atoms with van der Waals surface area (Å²) < 4.78 is 66.6. The number of aliphatic hydroxyl groups excluding tert-OH is 1. The fourth-order valence-corrected chi connectivity index (χ4v) is 3.32. The van der Waals surface area contributed by atoms with Crippen molar-refractivity contribution in [3.8, 4) is 0 Å². The number of hydrogen-bond donors (Lipinski definition) is 2. The van der Waals surface area contributed by atoms with Gasteiger partial charge in [0.2, 0.25) is 0 Å². The van der Waals surface area contributed by atoms with Crippen LogP contribution in [0.25, 0.3) is 10.8 Å². The molecule has 2 N–H and O–H groups in total. The van der Waals surface area contributed by atoms with E-state index in [1.807, 2.05) is 0 Å². The Morgan fingerprint density at radius 2 is 1.84 bits per heavy atom. The van der Waals surface area contributed by atoms with Crippen molar-refractivity contribution in [3.63, 3.8) is 0 Å². The maximum absolute atomic E-state index is 14.4. The summed E-state index contributed by atoms with van der Waals surface area (Å²) in [4.78, 5) is 25.6. The zero-order valence-corrected chi connectivity index (χ0v) is 16.1. The van der Waals surface area contributed by atoms with Crippen molar-refractivity contribution in [2.75, 3.05) is 0 Å². The van der Waals surface area contributed by atoms with E-state index in [-0.39, 0.29) is 22.2 Å². The van der Waals surface area contributed by atoms with Crippen molar-refractivity contribution in [1.82, 2.24) is 9.88 Å². The van der Waals surface area contributed by atoms with Crippen molar-refractivity contribution in [3.05, 3.63) is 81.3 Å². The van der Waals surface area contributed by atoms with Gasteiger partial charge in [-0.25, -0.2) is 8.78 Å². The van der Waals surface area contributed by atoms with Crippen LogP contribution in [-0.4, -0.2) is 21.8 Å². The van der Waals surface area contributed by atoms with Gasteiger partial charge >= 0.3 is 6.18 Å². The lowest BCUT2D eigenvalue weighted by Gasteiger charge is -2.19. The molecule has 164 valence electrons. The summed E-state index contributed by atoms with van der Waals surface area (Å²) in [6, 6.07) is 8.27. The zero-order chi connectivity index (χ0) is 22.9. The molecule has 0 radical (unpaired) electrons. The number of aromatic nitrogens is 1. The molecule has 3 aromatic rings. The van der Waals surface area contributed by atoms with Gasteiger partial charge in [-0.05, 0) is 25.1 Å². The SMILES string of the molecule is Cc1c(C(=O)N[C@@H](O)c2cccc(F)c2)c2cccc(F)c2c(=O)n1CCC(F)(F)F. The molecule has 0 aliphatic carbocycles. The molecule has 0 unspecified atom stereocenters. The first-order valence-electron chi connectivity index (χ1n) is 9.12. The molecule has 0 saturated carbocycles. The molecule has 0 saturated heterocycles. The summed E-state index contributed by atoms with van der Waals surface area (Å²) >= 11 is 0. The Hall–Kier alpha value is -3.27. The number of carbonyl (C=O) groups excluding carboxylic acids is 1. The number of hydrogen-bond acceptors (Lipinski definition) is 3. The number of pyridine rings is 1. The van der Waals surface area contributed by atoms with Crippen LogP contribution in [0, 0.1) is 18.6 Å². The van der Waals surface area contributed by atoms with Gasteiger partial charge < -0.3 is 15.0 Å². The van der Waals surface area contributed by atoms with Crippen LogP contribution in [-0.2, 0) is 6.54 Å². The van der Waals surface area contributed by atoms with Crippen LogP contribution in [0.4, 0.5) is 22.0 Å². The first-order chi connectivity index (χ1) is 14.5. The van der Waals surface area contributed by atoms with Crippen molar-refractivity contribution in [2.24, 2.45) is 0 Å². The molecule has 10 heteroatoms. The number of amides is 1. The predicted molar refractivity (Wildman–Crippen MR) is 102 cm³/mol. The standard InChI is InChI=1S/C21H17F5N2O3/c1-11-16(19(30)27-18(29)12-4-2-5-13(22)10-12)14-6-3-7-15(23)17(14)20(31)28(11)9-8-21(24,25)26/h2-7,10,18,29H,8-9H2,1H3,(H,27,30)/t18-/m0/s1. The van der Waals surface area contributed by atoms with E-state index in [1.165, 1.54) is 31.2 Å². The highest BCUT2D eigenvalue weighted by Crippen LogP contribution is 2.25. The third-order valence-electron chi connectivity index (χ3n) is 4.79. The molecule has 1 atom stereocenters. The van der Waals surface area contributed by atoms with E-state index in [0.29, 0.717) is 4.57 Å². The van der Waals surface area contributed by atoms with E-state index < -0.39 is 53.9 Å². The summed E-state index contributed by atoms with van der Waals surface area (Å²) in [6.07, 6.45) is -7.59. The summed E-state index contributed by atoms with van der Waals surface area (Å²) in [6.45, 7) is 0.441. The Labute approximate surface area is 172 Å². The van der Waals surface area contributed by atoms with Crippen molar-refractivity contribution >= 4 is 16.7 Å². The molecule has 3 rings (SSSR count). The lowest BCUT2D eigenvalue weighted by atomic mass is 10.0. The van der Waals surface area contributed by atoms with Crippen LogP contribution in [0.5, 0.6) is 0 Å². The van der Waals surface area contributed by atoms with E-state index in [9.17, 15) is 36.6 Å².